The van der Waals surface area contributed by atoms with Crippen LogP contribution in [0, 0.1) is 0 Å². The molecule has 5 aliphatic rings. The first-order valence-electron chi connectivity index (χ1n) is 19.4. The monoisotopic (exact) mass is 904 g/mol. The first-order valence-corrected chi connectivity index (χ1v) is 19.4. The molecule has 0 spiro atoms. The summed E-state index contributed by atoms with van der Waals surface area (Å²) in [6, 6.07) is -5.90. The number of ether oxygens (including phenoxy) is 9. The number of amides is 2. The minimum atomic E-state index is -2.19. The summed E-state index contributed by atoms with van der Waals surface area (Å²) < 4.78 is 50.0. The highest BCUT2D eigenvalue weighted by Gasteiger charge is 2.56. The lowest BCUT2D eigenvalue weighted by Crippen LogP contribution is -2.70. The zero-order valence-corrected chi connectivity index (χ0v) is 33.5. The maximum atomic E-state index is 12.6. The van der Waals surface area contributed by atoms with E-state index in [1.807, 2.05) is 0 Å². The topological polar surface area (TPSA) is 450 Å². The molecule has 5 rings (SSSR count). The summed E-state index contributed by atoms with van der Waals surface area (Å²) in [5.74, 6) is -5.01. The molecule has 2 amide bonds. The van der Waals surface area contributed by atoms with Crippen molar-refractivity contribution < 1.29 is 118 Å². The molecule has 28 heteroatoms. The van der Waals surface area contributed by atoms with Crippen molar-refractivity contribution in [2.75, 3.05) is 6.61 Å². The Hall–Kier alpha value is -2.92. The van der Waals surface area contributed by atoms with Crippen LogP contribution < -0.4 is 22.1 Å². The van der Waals surface area contributed by atoms with Crippen molar-refractivity contribution in [3.05, 3.63) is 0 Å². The van der Waals surface area contributed by atoms with Gasteiger partial charge in [0, 0.05) is 13.8 Å². The van der Waals surface area contributed by atoms with Crippen LogP contribution in [0.5, 0.6) is 0 Å². The molecule has 5 heterocycles. The summed E-state index contributed by atoms with van der Waals surface area (Å²) in [5.41, 5.74) is 12.0. The Labute approximate surface area is 351 Å². The standard InChI is InChI=1S/C34H56N4O24/c1-6-11(35)17(43)21(47)34(56-6)60-25-20(46)22(48)33(62-27(25)29(51)52)54-5-10-16(42)19(45)13(37-8(3)39)32(57-10)59-24-18(44)12(36)31(61-26(24)28(49)50)58-23-14(38-9(4)40)30(53)55-7(2)15(23)41/h6-7,10-27,30-34,41-48,53H,5,35-36H2,1-4H3,(H,37,39)(H,38,40)(H,49,50)(H,51,52)/t6-,7-,10-,11-,12+,13-,14-,15+,16-,17+,18-,19-,20-,21-,22-,23-,24+,25+,26-,27+,30+,31-,32-,33+,34-/m1/s1. The normalized spacial score (nSPS) is 48.8. The maximum Gasteiger partial charge on any atom is 0.335 e. The van der Waals surface area contributed by atoms with Gasteiger partial charge in [-0.2, -0.15) is 0 Å². The van der Waals surface area contributed by atoms with E-state index >= 15 is 0 Å². The summed E-state index contributed by atoms with van der Waals surface area (Å²) >= 11 is 0. The lowest BCUT2D eigenvalue weighted by atomic mass is 9.94. The highest BCUT2D eigenvalue weighted by atomic mass is 16.8. The molecule has 0 saturated carbocycles. The van der Waals surface area contributed by atoms with E-state index in [-0.39, 0.29) is 0 Å². The summed E-state index contributed by atoms with van der Waals surface area (Å²) in [5, 5.41) is 122. The molecule has 17 N–H and O–H groups in total. The predicted molar refractivity (Wildman–Crippen MR) is 192 cm³/mol. The third-order valence-corrected chi connectivity index (χ3v) is 11.1. The molecule has 5 saturated heterocycles. The number of aliphatic hydroxyl groups is 9. The Kier molecular flexibility index (Phi) is 16.6. The molecule has 0 aliphatic carbocycles. The van der Waals surface area contributed by atoms with Crippen LogP contribution in [-0.2, 0) is 61.8 Å². The molecule has 0 aromatic rings. The van der Waals surface area contributed by atoms with E-state index in [2.05, 4.69) is 10.6 Å². The van der Waals surface area contributed by atoms with Crippen LogP contribution in [0.1, 0.15) is 27.7 Å². The molecule has 0 aromatic carbocycles. The van der Waals surface area contributed by atoms with Crippen molar-refractivity contribution in [1.29, 1.82) is 0 Å². The first-order chi connectivity index (χ1) is 28.9. The summed E-state index contributed by atoms with van der Waals surface area (Å²) in [7, 11) is 0. The van der Waals surface area contributed by atoms with Crippen molar-refractivity contribution in [3.8, 4) is 0 Å². The second kappa shape index (κ2) is 20.5. The molecule has 62 heavy (non-hydrogen) atoms. The SMILES string of the molecule is CC(=O)N[C@@H]1[C@@H](O[C@@H]2O[C@@H](C(=O)O)[C@@H](O[C@H]3O[C@H](CO[C@H]4O[C@H](C(=O)O)[C@@H](O[C@H]5O[C@H](C)[C@@H](N)[C@H](O)[C@H]5O)[C@H](O)[C@H]4O)[C@@H](O)[C@H](O)[C@H]3NC(C)=O)[C@H](O)[C@@H]2N)[C@@H](O)[C@@H](C)O[C@@H]1O. The van der Waals surface area contributed by atoms with E-state index in [0.717, 1.165) is 13.8 Å². The van der Waals surface area contributed by atoms with Crippen LogP contribution in [0.4, 0.5) is 0 Å². The number of nitrogens with two attached hydrogens (primary N) is 2. The molecule has 5 aliphatic heterocycles. The largest absolute Gasteiger partial charge is 0.479 e. The maximum absolute atomic E-state index is 12.6. The van der Waals surface area contributed by atoms with Gasteiger partial charge in [-0.25, -0.2) is 9.59 Å². The van der Waals surface area contributed by atoms with E-state index in [1.54, 1.807) is 0 Å². The Morgan fingerprint density at radius 3 is 1.61 bits per heavy atom. The van der Waals surface area contributed by atoms with Crippen molar-refractivity contribution in [2.45, 2.75) is 181 Å². The molecule has 0 unspecified atom stereocenters. The number of hydrogen-bond acceptors (Lipinski definition) is 24. The van der Waals surface area contributed by atoms with Crippen LogP contribution >= 0.6 is 0 Å². The van der Waals surface area contributed by atoms with Crippen LogP contribution in [0.25, 0.3) is 0 Å². The molecule has 5 fully saturated rings. The summed E-state index contributed by atoms with van der Waals surface area (Å²) in [6.07, 6.45) is -38.1. The van der Waals surface area contributed by atoms with Gasteiger partial charge in [-0.05, 0) is 13.8 Å². The molecule has 0 aromatic heterocycles. The van der Waals surface area contributed by atoms with Gasteiger partial charge in [-0.15, -0.1) is 0 Å². The Morgan fingerprint density at radius 1 is 0.516 bits per heavy atom. The fraction of sp³-hybridized carbons (Fsp3) is 0.882. The van der Waals surface area contributed by atoms with E-state index in [0.29, 0.717) is 0 Å². The summed E-state index contributed by atoms with van der Waals surface area (Å²) in [4.78, 5) is 48.9. The number of carboxylic acid groups (broad SMARTS) is 2. The van der Waals surface area contributed by atoms with Gasteiger partial charge in [0.15, 0.2) is 43.7 Å². The van der Waals surface area contributed by atoms with E-state index in [9.17, 15) is 75.3 Å². The number of carbonyl (C=O) groups excluding carboxylic acids is 2. The Balaban J connectivity index is 1.31. The molecule has 28 nitrogen and oxygen atoms in total. The van der Waals surface area contributed by atoms with Gasteiger partial charge < -0.3 is 121 Å². The van der Waals surface area contributed by atoms with Crippen molar-refractivity contribution >= 4 is 23.8 Å². The second-order valence-electron chi connectivity index (χ2n) is 15.7. The average Bonchev–Trinajstić information content (AvgIpc) is 3.19. The first kappa shape index (κ1) is 50.1. The third kappa shape index (κ3) is 10.6. The van der Waals surface area contributed by atoms with E-state index < -0.39 is 184 Å². The van der Waals surface area contributed by atoms with Gasteiger partial charge in [0.05, 0.1) is 30.9 Å². The van der Waals surface area contributed by atoms with E-state index in [1.165, 1.54) is 13.8 Å². The minimum Gasteiger partial charge on any atom is -0.479 e. The summed E-state index contributed by atoms with van der Waals surface area (Å²) in [6.45, 7) is 4.00. The quantitative estimate of drug-likeness (QED) is 0.0816. The van der Waals surface area contributed by atoms with Crippen molar-refractivity contribution in [1.82, 2.24) is 10.6 Å². The van der Waals surface area contributed by atoms with Crippen LogP contribution in [0.2, 0.25) is 0 Å². The number of rotatable bonds is 13. The minimum absolute atomic E-state index is 0.672. The molecule has 0 radical (unpaired) electrons. The zero-order valence-electron chi connectivity index (χ0n) is 33.5. The fourth-order valence-electron chi connectivity index (χ4n) is 7.64. The van der Waals surface area contributed by atoms with Gasteiger partial charge in [0.25, 0.3) is 0 Å². The number of hydrogen-bond donors (Lipinski definition) is 15. The number of aliphatic carboxylic acids is 2. The number of nitrogens with one attached hydrogen (secondary N) is 2. The van der Waals surface area contributed by atoms with Crippen molar-refractivity contribution in [3.63, 3.8) is 0 Å². The Bertz CT molecular complexity index is 1570. The van der Waals surface area contributed by atoms with Crippen LogP contribution in [-0.4, -0.2) is 240 Å². The zero-order chi connectivity index (χ0) is 46.2. The Morgan fingerprint density at radius 2 is 1.03 bits per heavy atom. The lowest BCUT2D eigenvalue weighted by Gasteiger charge is -2.49. The average molecular weight is 905 g/mol. The van der Waals surface area contributed by atoms with Crippen LogP contribution in [0.3, 0.4) is 0 Å². The van der Waals surface area contributed by atoms with E-state index in [4.69, 9.17) is 54.1 Å². The van der Waals surface area contributed by atoms with Crippen molar-refractivity contribution in [2.24, 2.45) is 11.5 Å². The molecule has 25 atom stereocenters. The molecule has 0 bridgehead atoms. The number of carbonyl (C=O) groups is 4. The van der Waals surface area contributed by atoms with Gasteiger partial charge in [-0.3, -0.25) is 9.59 Å². The van der Waals surface area contributed by atoms with Gasteiger partial charge >= 0.3 is 11.9 Å². The van der Waals surface area contributed by atoms with Gasteiger partial charge in [-0.1, -0.05) is 0 Å². The predicted octanol–water partition coefficient (Wildman–Crippen LogP) is -9.46. The molecular formula is C34H56N4O24. The molecule has 356 valence electrons. The van der Waals surface area contributed by atoms with Gasteiger partial charge in [0.1, 0.15) is 85.3 Å². The highest BCUT2D eigenvalue weighted by Crippen LogP contribution is 2.34. The van der Waals surface area contributed by atoms with Gasteiger partial charge in [0.2, 0.25) is 11.8 Å². The third-order valence-electron chi connectivity index (χ3n) is 11.1. The fourth-order valence-corrected chi connectivity index (χ4v) is 7.64. The smallest absolute Gasteiger partial charge is 0.335 e. The highest BCUT2D eigenvalue weighted by molar-refractivity contribution is 5.74. The molecular weight excluding hydrogens is 848 g/mol. The second-order valence-corrected chi connectivity index (χ2v) is 15.7. The lowest BCUT2D eigenvalue weighted by molar-refractivity contribution is -0.355. The number of carboxylic acids is 2. The van der Waals surface area contributed by atoms with Crippen LogP contribution in [0.15, 0.2) is 0 Å². The number of aliphatic hydroxyl groups excluding tert-OH is 9.